The number of pyridine rings is 1. The number of anilines is 3. The molecule has 0 unspecified atom stereocenters. The van der Waals surface area contributed by atoms with Gasteiger partial charge in [-0.25, -0.2) is 15.0 Å². The second kappa shape index (κ2) is 10.4. The second-order valence-electron chi connectivity index (χ2n) is 8.87. The monoisotopic (exact) mass is 529 g/mol. The summed E-state index contributed by atoms with van der Waals surface area (Å²) in [4.78, 5) is 25.5. The van der Waals surface area contributed by atoms with Crippen molar-refractivity contribution in [1.29, 1.82) is 0 Å². The van der Waals surface area contributed by atoms with E-state index < -0.39 is 17.6 Å². The highest BCUT2D eigenvalue weighted by molar-refractivity contribution is 6.05. The molecule has 0 fully saturated rings. The zero-order valence-electron chi connectivity index (χ0n) is 20.9. The molecule has 0 aliphatic heterocycles. The number of halogens is 3. The third-order valence-electron chi connectivity index (χ3n) is 5.97. The van der Waals surface area contributed by atoms with E-state index in [-0.39, 0.29) is 16.8 Å². The molecule has 0 aliphatic carbocycles. The molecule has 3 heterocycles. The highest BCUT2D eigenvalue weighted by Gasteiger charge is 2.31. The number of carbonyl (C=O) groups excluding carboxylic acids is 1. The highest BCUT2D eigenvalue weighted by Crippen LogP contribution is 2.35. The lowest BCUT2D eigenvalue weighted by atomic mass is 10.0. The van der Waals surface area contributed by atoms with Crippen LogP contribution in [-0.4, -0.2) is 30.6 Å². The molecule has 39 heavy (non-hydrogen) atoms. The molecular formula is C28H22F3N7O. The fourth-order valence-electron chi connectivity index (χ4n) is 3.97. The van der Waals surface area contributed by atoms with Crippen molar-refractivity contribution in [3.8, 4) is 22.3 Å². The second-order valence-corrected chi connectivity index (χ2v) is 8.87. The van der Waals surface area contributed by atoms with E-state index in [1.165, 1.54) is 23.3 Å². The summed E-state index contributed by atoms with van der Waals surface area (Å²) in [5.74, 6) is -0.0198. The first-order valence-corrected chi connectivity index (χ1v) is 11.8. The number of hydrogen-bond donors (Lipinski definition) is 2. The van der Waals surface area contributed by atoms with Gasteiger partial charge in [0.2, 0.25) is 0 Å². The van der Waals surface area contributed by atoms with Crippen LogP contribution in [0.2, 0.25) is 0 Å². The van der Waals surface area contributed by atoms with E-state index in [9.17, 15) is 18.0 Å². The van der Waals surface area contributed by atoms with Gasteiger partial charge >= 0.3 is 6.18 Å². The van der Waals surface area contributed by atoms with Crippen molar-refractivity contribution in [3.63, 3.8) is 0 Å². The van der Waals surface area contributed by atoms with Crippen molar-refractivity contribution >= 4 is 23.1 Å². The number of hydrogen-bond acceptors (Lipinski definition) is 6. The molecule has 0 aliphatic rings. The number of carbonyl (C=O) groups is 1. The fourth-order valence-corrected chi connectivity index (χ4v) is 3.97. The lowest BCUT2D eigenvalue weighted by Gasteiger charge is -2.14. The lowest BCUT2D eigenvalue weighted by molar-refractivity contribution is -0.137. The van der Waals surface area contributed by atoms with Crippen molar-refractivity contribution in [2.75, 3.05) is 10.6 Å². The van der Waals surface area contributed by atoms with Crippen molar-refractivity contribution in [3.05, 3.63) is 103 Å². The predicted molar refractivity (Wildman–Crippen MR) is 141 cm³/mol. The zero-order valence-corrected chi connectivity index (χ0v) is 20.9. The van der Waals surface area contributed by atoms with Gasteiger partial charge in [-0.2, -0.15) is 18.3 Å². The Hall–Kier alpha value is -5.06. The first kappa shape index (κ1) is 25.6. The topological polar surface area (TPSA) is 97.6 Å². The van der Waals surface area contributed by atoms with Crippen LogP contribution in [0.5, 0.6) is 0 Å². The van der Waals surface area contributed by atoms with Gasteiger partial charge in [0.05, 0.1) is 11.8 Å². The van der Waals surface area contributed by atoms with Crippen molar-refractivity contribution in [2.24, 2.45) is 7.05 Å². The normalized spacial score (nSPS) is 11.3. The molecule has 3 aromatic heterocycles. The molecule has 5 aromatic rings. The Kier molecular flexibility index (Phi) is 6.80. The van der Waals surface area contributed by atoms with E-state index in [0.717, 1.165) is 28.8 Å². The molecule has 1 amide bonds. The number of amides is 1. The van der Waals surface area contributed by atoms with Crippen LogP contribution in [0.4, 0.5) is 30.4 Å². The molecule has 0 bridgehead atoms. The maximum atomic E-state index is 13.6. The Morgan fingerprint density at radius 3 is 2.41 bits per heavy atom. The molecule has 0 radical (unpaired) electrons. The number of nitrogens with one attached hydrogen (secondary N) is 2. The van der Waals surface area contributed by atoms with Crippen LogP contribution in [0.25, 0.3) is 22.3 Å². The third kappa shape index (κ3) is 5.93. The quantitative estimate of drug-likeness (QED) is 0.269. The summed E-state index contributed by atoms with van der Waals surface area (Å²) in [5, 5.41) is 9.85. The maximum Gasteiger partial charge on any atom is 0.416 e. The van der Waals surface area contributed by atoms with Gasteiger partial charge in [-0.15, -0.1) is 0 Å². The minimum Gasteiger partial charge on any atom is -0.340 e. The Balaban J connectivity index is 1.41. The van der Waals surface area contributed by atoms with Crippen LogP contribution < -0.4 is 10.6 Å². The van der Waals surface area contributed by atoms with E-state index in [1.54, 1.807) is 50.0 Å². The van der Waals surface area contributed by atoms with Crippen LogP contribution in [0.3, 0.4) is 0 Å². The lowest BCUT2D eigenvalue weighted by Crippen LogP contribution is -2.14. The largest absolute Gasteiger partial charge is 0.416 e. The summed E-state index contributed by atoms with van der Waals surface area (Å²) in [5.41, 5.74) is 3.33. The molecule has 2 aromatic carbocycles. The van der Waals surface area contributed by atoms with Gasteiger partial charge in [-0.3, -0.25) is 9.48 Å². The molecule has 11 heteroatoms. The van der Waals surface area contributed by atoms with Crippen LogP contribution in [0.1, 0.15) is 21.5 Å². The van der Waals surface area contributed by atoms with Gasteiger partial charge in [0, 0.05) is 59.9 Å². The average Bonchev–Trinajstić information content (AvgIpc) is 3.36. The van der Waals surface area contributed by atoms with Gasteiger partial charge in [-0.1, -0.05) is 6.07 Å². The van der Waals surface area contributed by atoms with Gasteiger partial charge < -0.3 is 10.6 Å². The summed E-state index contributed by atoms with van der Waals surface area (Å²) in [6, 6.07) is 12.1. The Bertz CT molecular complexity index is 1650. The molecule has 8 nitrogen and oxygen atoms in total. The SMILES string of the molecule is Cc1ccc(C(=O)Nc2cc(-c3cnn(C)c3)cc(C(F)(F)F)c2)cc1Nc1cc(-c2cncnc2)ccn1. The van der Waals surface area contributed by atoms with E-state index in [4.69, 9.17) is 0 Å². The van der Waals surface area contributed by atoms with Crippen LogP contribution >= 0.6 is 0 Å². The standard InChI is InChI=1S/C28H22F3N7O/c1-17-3-4-19(9-25(17)37-26-10-18(5-6-34-26)21-12-32-16-33-13-21)27(39)36-24-8-20(22-14-35-38(2)15-22)7-23(11-24)28(29,30)31/h3-16H,1-2H3,(H,34,37)(H,36,39). The summed E-state index contributed by atoms with van der Waals surface area (Å²) >= 11 is 0. The first-order valence-electron chi connectivity index (χ1n) is 11.8. The number of nitrogens with zero attached hydrogens (tertiary/aromatic N) is 5. The molecule has 5 rings (SSSR count). The Morgan fingerprint density at radius 2 is 1.69 bits per heavy atom. The van der Waals surface area contributed by atoms with Crippen LogP contribution in [0.15, 0.2) is 85.8 Å². The Morgan fingerprint density at radius 1 is 0.897 bits per heavy atom. The zero-order chi connectivity index (χ0) is 27.6. The molecule has 196 valence electrons. The fraction of sp³-hybridized carbons (Fsp3) is 0.107. The third-order valence-corrected chi connectivity index (χ3v) is 5.97. The first-order chi connectivity index (χ1) is 18.7. The van der Waals surface area contributed by atoms with Gasteiger partial charge in [0.1, 0.15) is 12.1 Å². The summed E-state index contributed by atoms with van der Waals surface area (Å²) in [7, 11) is 1.67. The van der Waals surface area contributed by atoms with E-state index in [0.29, 0.717) is 17.1 Å². The molecule has 0 spiro atoms. The van der Waals surface area contributed by atoms with Crippen LogP contribution in [0, 0.1) is 6.92 Å². The van der Waals surface area contributed by atoms with E-state index >= 15 is 0 Å². The van der Waals surface area contributed by atoms with Crippen LogP contribution in [-0.2, 0) is 13.2 Å². The number of rotatable bonds is 6. The van der Waals surface area contributed by atoms with Gasteiger partial charge in [0.15, 0.2) is 0 Å². The summed E-state index contributed by atoms with van der Waals surface area (Å²) in [6.45, 7) is 1.87. The van der Waals surface area contributed by atoms with E-state index in [1.807, 2.05) is 19.1 Å². The number of benzene rings is 2. The molecule has 0 atom stereocenters. The van der Waals surface area contributed by atoms with Crippen molar-refractivity contribution < 1.29 is 18.0 Å². The smallest absolute Gasteiger partial charge is 0.340 e. The number of alkyl halides is 3. The minimum absolute atomic E-state index is 0.0169. The summed E-state index contributed by atoms with van der Waals surface area (Å²) in [6.07, 6.45) is 4.95. The summed E-state index contributed by atoms with van der Waals surface area (Å²) < 4.78 is 42.3. The highest BCUT2D eigenvalue weighted by atomic mass is 19.4. The molecule has 0 saturated heterocycles. The minimum atomic E-state index is -4.59. The van der Waals surface area contributed by atoms with Gasteiger partial charge in [0.25, 0.3) is 5.91 Å². The number of aromatic nitrogens is 5. The molecule has 0 saturated carbocycles. The number of aryl methyl sites for hydroxylation is 2. The van der Waals surface area contributed by atoms with Crippen molar-refractivity contribution in [1.82, 2.24) is 24.7 Å². The average molecular weight is 530 g/mol. The maximum absolute atomic E-state index is 13.6. The van der Waals surface area contributed by atoms with Gasteiger partial charge in [-0.05, 0) is 66.1 Å². The van der Waals surface area contributed by atoms with Crippen molar-refractivity contribution in [2.45, 2.75) is 13.1 Å². The molecular weight excluding hydrogens is 507 g/mol. The molecule has 2 N–H and O–H groups in total. The van der Waals surface area contributed by atoms with E-state index in [2.05, 4.69) is 30.7 Å². The predicted octanol–water partition coefficient (Wildman–Crippen LogP) is 6.26. The Labute approximate surface area is 221 Å².